The molecule has 2 N–H and O–H groups in total. The molecule has 3 rings (SSSR count). The molecule has 0 fully saturated rings. The van der Waals surface area contributed by atoms with E-state index in [1.54, 1.807) is 55.6 Å². The van der Waals surface area contributed by atoms with Crippen molar-refractivity contribution < 1.29 is 14.8 Å². The maximum Gasteiger partial charge on any atom is 0.294 e. The Labute approximate surface area is 168 Å². The number of carbonyl (C=O) groups is 1. The zero-order valence-corrected chi connectivity index (χ0v) is 15.9. The Balaban J connectivity index is 1.78. The van der Waals surface area contributed by atoms with Gasteiger partial charge in [0.05, 0.1) is 16.7 Å². The molecule has 0 saturated carbocycles. The number of rotatable bonds is 7. The largest absolute Gasteiger partial charge is 0.387 e. The van der Waals surface area contributed by atoms with Gasteiger partial charge in [0.2, 0.25) is 0 Å². The predicted molar refractivity (Wildman–Crippen MR) is 112 cm³/mol. The van der Waals surface area contributed by atoms with Gasteiger partial charge in [-0.05, 0) is 29.8 Å². The van der Waals surface area contributed by atoms with E-state index < -0.39 is 11.0 Å². The van der Waals surface area contributed by atoms with Crippen molar-refractivity contribution in [2.24, 2.45) is 0 Å². The van der Waals surface area contributed by atoms with E-state index >= 15 is 0 Å². The lowest BCUT2D eigenvalue weighted by molar-refractivity contribution is -0.383. The molecule has 7 heteroatoms. The maximum absolute atomic E-state index is 12.6. The second kappa shape index (κ2) is 8.99. The Hall–Kier alpha value is -3.71. The van der Waals surface area contributed by atoms with Gasteiger partial charge in [-0.15, -0.1) is 0 Å². The molecule has 0 spiro atoms. The van der Waals surface area contributed by atoms with Crippen molar-refractivity contribution in [2.45, 2.75) is 6.10 Å². The number of anilines is 2. The maximum atomic E-state index is 12.6. The number of hydrogen-bond donors (Lipinski definition) is 2. The van der Waals surface area contributed by atoms with Crippen molar-refractivity contribution >= 4 is 23.0 Å². The molecule has 3 aromatic rings. The summed E-state index contributed by atoms with van der Waals surface area (Å²) < 4.78 is 0. The first-order valence-electron chi connectivity index (χ1n) is 9.06. The fourth-order valence-electron chi connectivity index (χ4n) is 2.92. The van der Waals surface area contributed by atoms with Crippen molar-refractivity contribution in [2.75, 3.05) is 23.8 Å². The minimum Gasteiger partial charge on any atom is -0.387 e. The molecule has 7 nitrogen and oxygen atoms in total. The first kappa shape index (κ1) is 20.0. The highest BCUT2D eigenvalue weighted by molar-refractivity contribution is 6.06. The van der Waals surface area contributed by atoms with Gasteiger partial charge < -0.3 is 15.3 Å². The molecule has 0 radical (unpaired) electrons. The summed E-state index contributed by atoms with van der Waals surface area (Å²) in [6.07, 6.45) is -0.808. The van der Waals surface area contributed by atoms with Gasteiger partial charge in [-0.2, -0.15) is 0 Å². The van der Waals surface area contributed by atoms with Gasteiger partial charge in [-0.1, -0.05) is 48.5 Å². The van der Waals surface area contributed by atoms with Crippen LogP contribution in [0.1, 0.15) is 22.0 Å². The number of nitrogens with one attached hydrogen (secondary N) is 1. The van der Waals surface area contributed by atoms with Crippen LogP contribution in [0.5, 0.6) is 0 Å². The molecule has 3 aromatic carbocycles. The molecule has 0 aliphatic rings. The third kappa shape index (κ3) is 4.77. The van der Waals surface area contributed by atoms with Crippen LogP contribution in [0, 0.1) is 10.1 Å². The van der Waals surface area contributed by atoms with Crippen LogP contribution in [0.15, 0.2) is 78.9 Å². The molecule has 0 aliphatic carbocycles. The first-order chi connectivity index (χ1) is 14.0. The van der Waals surface area contributed by atoms with Crippen molar-refractivity contribution in [1.82, 2.24) is 0 Å². The molecule has 0 aromatic heterocycles. The standard InChI is InChI=1S/C22H21N3O4/c1-24(22(27)17-10-6-3-7-11-17)18-12-13-19(20(14-18)25(28)29)23-15-21(26)16-8-4-2-5-9-16/h2-14,21,23,26H,15H2,1H3. The summed E-state index contributed by atoms with van der Waals surface area (Å²) in [6.45, 7) is 0.114. The Kier molecular flexibility index (Phi) is 6.21. The molecule has 0 bridgehead atoms. The number of carbonyl (C=O) groups excluding carboxylic acids is 1. The number of amides is 1. The van der Waals surface area contributed by atoms with Gasteiger partial charge >= 0.3 is 0 Å². The van der Waals surface area contributed by atoms with Crippen LogP contribution in [0.3, 0.4) is 0 Å². The fourth-order valence-corrected chi connectivity index (χ4v) is 2.92. The number of aliphatic hydroxyl groups is 1. The lowest BCUT2D eigenvalue weighted by Crippen LogP contribution is -2.26. The van der Waals surface area contributed by atoms with Crippen LogP contribution in [-0.4, -0.2) is 29.5 Å². The molecule has 0 aliphatic heterocycles. The Morgan fingerprint density at radius 1 is 1.07 bits per heavy atom. The van der Waals surface area contributed by atoms with E-state index in [1.165, 1.54) is 11.0 Å². The van der Waals surface area contributed by atoms with Crippen LogP contribution in [0.25, 0.3) is 0 Å². The minimum absolute atomic E-state index is 0.114. The van der Waals surface area contributed by atoms with Gasteiger partial charge in [-0.3, -0.25) is 14.9 Å². The third-order valence-electron chi connectivity index (χ3n) is 4.56. The third-order valence-corrected chi connectivity index (χ3v) is 4.56. The SMILES string of the molecule is CN(C(=O)c1ccccc1)c1ccc(NCC(O)c2ccccc2)c([N+](=O)[O-])c1. The molecule has 1 amide bonds. The molecule has 148 valence electrons. The van der Waals surface area contributed by atoms with Crippen molar-refractivity contribution in [3.63, 3.8) is 0 Å². The van der Waals surface area contributed by atoms with Gasteiger partial charge in [0.1, 0.15) is 5.69 Å². The van der Waals surface area contributed by atoms with Crippen LogP contribution in [0.2, 0.25) is 0 Å². The van der Waals surface area contributed by atoms with Gasteiger partial charge in [0.15, 0.2) is 0 Å². The van der Waals surface area contributed by atoms with Gasteiger partial charge in [-0.25, -0.2) is 0 Å². The second-order valence-electron chi connectivity index (χ2n) is 6.50. The summed E-state index contributed by atoms with van der Waals surface area (Å²) in [6, 6.07) is 22.3. The first-order valence-corrected chi connectivity index (χ1v) is 9.06. The molecule has 1 atom stereocenters. The monoisotopic (exact) mass is 391 g/mol. The highest BCUT2D eigenvalue weighted by Crippen LogP contribution is 2.30. The van der Waals surface area contributed by atoms with Crippen molar-refractivity contribution in [3.8, 4) is 0 Å². The second-order valence-corrected chi connectivity index (χ2v) is 6.50. The average molecular weight is 391 g/mol. The summed E-state index contributed by atoms with van der Waals surface area (Å²) >= 11 is 0. The van der Waals surface area contributed by atoms with E-state index in [1.807, 2.05) is 24.3 Å². The van der Waals surface area contributed by atoms with E-state index in [4.69, 9.17) is 0 Å². The van der Waals surface area contributed by atoms with E-state index in [-0.39, 0.29) is 23.8 Å². The predicted octanol–water partition coefficient (Wildman–Crippen LogP) is 4.02. The zero-order valence-electron chi connectivity index (χ0n) is 15.9. The molecular formula is C22H21N3O4. The number of nitro groups is 1. The smallest absolute Gasteiger partial charge is 0.294 e. The normalized spacial score (nSPS) is 11.5. The highest BCUT2D eigenvalue weighted by atomic mass is 16.6. The summed E-state index contributed by atoms with van der Waals surface area (Å²) in [5.41, 5.74) is 1.71. The van der Waals surface area contributed by atoms with Crippen molar-refractivity contribution in [1.29, 1.82) is 0 Å². The summed E-state index contributed by atoms with van der Waals surface area (Å²) in [5, 5.41) is 24.7. The number of nitrogens with zero attached hydrogens (tertiary/aromatic N) is 2. The Bertz CT molecular complexity index is 993. The van der Waals surface area contributed by atoms with Crippen LogP contribution in [-0.2, 0) is 0 Å². The summed E-state index contributed by atoms with van der Waals surface area (Å²) in [4.78, 5) is 25.0. The Morgan fingerprint density at radius 2 is 1.69 bits per heavy atom. The van der Waals surface area contributed by atoms with E-state index in [2.05, 4.69) is 5.32 Å². The lowest BCUT2D eigenvalue weighted by atomic mass is 10.1. The van der Waals surface area contributed by atoms with E-state index in [0.29, 0.717) is 16.8 Å². The average Bonchev–Trinajstić information content (AvgIpc) is 2.77. The number of nitro benzene ring substituents is 1. The lowest BCUT2D eigenvalue weighted by Gasteiger charge is -2.19. The molecular weight excluding hydrogens is 370 g/mol. The number of hydrogen-bond acceptors (Lipinski definition) is 5. The van der Waals surface area contributed by atoms with Crippen LogP contribution in [0.4, 0.5) is 17.1 Å². The van der Waals surface area contributed by atoms with E-state index in [0.717, 1.165) is 0 Å². The number of benzene rings is 3. The minimum atomic E-state index is -0.808. The topological polar surface area (TPSA) is 95.7 Å². The van der Waals surface area contributed by atoms with Crippen LogP contribution >= 0.6 is 0 Å². The van der Waals surface area contributed by atoms with E-state index in [9.17, 15) is 20.0 Å². The van der Waals surface area contributed by atoms with Gasteiger partial charge in [0, 0.05) is 25.2 Å². The summed E-state index contributed by atoms with van der Waals surface area (Å²) in [7, 11) is 1.57. The van der Waals surface area contributed by atoms with Gasteiger partial charge in [0.25, 0.3) is 11.6 Å². The fraction of sp³-hybridized carbons (Fsp3) is 0.136. The van der Waals surface area contributed by atoms with Crippen molar-refractivity contribution in [3.05, 3.63) is 100 Å². The molecule has 0 heterocycles. The Morgan fingerprint density at radius 3 is 2.31 bits per heavy atom. The quantitative estimate of drug-likeness (QED) is 0.468. The highest BCUT2D eigenvalue weighted by Gasteiger charge is 2.20. The molecule has 0 saturated heterocycles. The zero-order chi connectivity index (χ0) is 20.8. The number of aliphatic hydroxyl groups excluding tert-OH is 1. The molecule has 1 unspecified atom stereocenters. The summed E-state index contributed by atoms with van der Waals surface area (Å²) in [5.74, 6) is -0.264. The van der Waals surface area contributed by atoms with Crippen LogP contribution < -0.4 is 10.2 Å². The molecule has 29 heavy (non-hydrogen) atoms.